The van der Waals surface area contributed by atoms with Crippen molar-refractivity contribution in [2.45, 2.75) is 12.2 Å². The summed E-state index contributed by atoms with van der Waals surface area (Å²) in [4.78, 5) is 0. The van der Waals surface area contributed by atoms with Crippen LogP contribution in [0, 0.1) is 5.82 Å². The highest BCUT2D eigenvalue weighted by Gasteiger charge is 2.22. The van der Waals surface area contributed by atoms with Gasteiger partial charge >= 0.3 is 0 Å². The fraction of sp³-hybridized carbons (Fsp3) is 0.333. The fourth-order valence-corrected chi connectivity index (χ4v) is 2.47. The number of aliphatic hydroxyl groups is 1. The SMILES string of the molecule is O[C@H](C[NH2+]C[C@H]1COc2ccccc2O1)COc1ccccc1F. The predicted octanol–water partition coefficient (Wildman–Crippen LogP) is 0.969. The third-order valence-electron chi connectivity index (χ3n) is 3.70. The van der Waals surface area contributed by atoms with Crippen LogP contribution < -0.4 is 19.5 Å². The van der Waals surface area contributed by atoms with Gasteiger partial charge in [-0.05, 0) is 24.3 Å². The standard InChI is InChI=1S/C18H20FNO4/c19-15-5-1-2-6-16(15)22-11-13(21)9-20-10-14-12-23-17-7-3-4-8-18(17)24-14/h1-8,13-14,20-21H,9-12H2/p+1/t13-,14+/m1/s1. The molecule has 0 bridgehead atoms. The molecule has 0 fully saturated rings. The summed E-state index contributed by atoms with van der Waals surface area (Å²) in [6.07, 6.45) is -0.763. The number of halogens is 1. The minimum absolute atomic E-state index is 0.0439. The normalized spacial score (nSPS) is 17.3. The van der Waals surface area contributed by atoms with Crippen LogP contribution in [0.2, 0.25) is 0 Å². The van der Waals surface area contributed by atoms with Crippen molar-refractivity contribution >= 4 is 0 Å². The third-order valence-corrected chi connectivity index (χ3v) is 3.70. The van der Waals surface area contributed by atoms with Gasteiger partial charge in [0.15, 0.2) is 29.2 Å². The molecular formula is C18H21FNO4+. The predicted molar refractivity (Wildman–Crippen MR) is 85.9 cm³/mol. The van der Waals surface area contributed by atoms with Crippen LogP contribution >= 0.6 is 0 Å². The first-order chi connectivity index (χ1) is 11.7. The molecule has 5 nitrogen and oxygen atoms in total. The monoisotopic (exact) mass is 334 g/mol. The molecule has 0 spiro atoms. The second-order valence-electron chi connectivity index (χ2n) is 5.65. The lowest BCUT2D eigenvalue weighted by molar-refractivity contribution is -0.666. The van der Waals surface area contributed by atoms with E-state index in [9.17, 15) is 9.50 Å². The Bertz CT molecular complexity index is 667. The number of aliphatic hydroxyl groups excluding tert-OH is 1. The van der Waals surface area contributed by atoms with Crippen molar-refractivity contribution in [2.24, 2.45) is 0 Å². The Balaban J connectivity index is 1.37. The maximum absolute atomic E-state index is 13.4. The van der Waals surface area contributed by atoms with E-state index in [1.54, 1.807) is 12.1 Å². The second-order valence-corrected chi connectivity index (χ2v) is 5.65. The molecule has 2 atom stereocenters. The van der Waals surface area contributed by atoms with Crippen LogP contribution in [0.4, 0.5) is 4.39 Å². The number of hydrogen-bond acceptors (Lipinski definition) is 4. The molecule has 0 saturated heterocycles. The van der Waals surface area contributed by atoms with E-state index >= 15 is 0 Å². The van der Waals surface area contributed by atoms with Crippen molar-refractivity contribution in [3.8, 4) is 17.2 Å². The summed E-state index contributed by atoms with van der Waals surface area (Å²) in [6, 6.07) is 13.7. The van der Waals surface area contributed by atoms with Crippen LogP contribution in [0.1, 0.15) is 0 Å². The number of rotatable bonds is 7. The number of quaternary nitrogens is 1. The summed E-state index contributed by atoms with van der Waals surface area (Å²) >= 11 is 0. The molecule has 3 rings (SSSR count). The van der Waals surface area contributed by atoms with Crippen LogP contribution in [0.5, 0.6) is 17.2 Å². The lowest BCUT2D eigenvalue weighted by atomic mass is 10.2. The quantitative estimate of drug-likeness (QED) is 0.792. The Morgan fingerprint density at radius 2 is 1.92 bits per heavy atom. The van der Waals surface area contributed by atoms with E-state index in [2.05, 4.69) is 0 Å². The van der Waals surface area contributed by atoms with Crippen molar-refractivity contribution in [2.75, 3.05) is 26.3 Å². The molecule has 2 aromatic rings. The zero-order valence-corrected chi connectivity index (χ0v) is 13.2. The summed E-state index contributed by atoms with van der Waals surface area (Å²) in [5, 5.41) is 11.9. The van der Waals surface area contributed by atoms with Crippen molar-refractivity contribution in [1.82, 2.24) is 0 Å². The lowest BCUT2D eigenvalue weighted by Crippen LogP contribution is -2.89. The van der Waals surface area contributed by atoms with Gasteiger partial charge in [0.1, 0.15) is 32.4 Å². The Labute approximate surface area is 140 Å². The maximum Gasteiger partial charge on any atom is 0.181 e. The van der Waals surface area contributed by atoms with Crippen molar-refractivity contribution in [3.63, 3.8) is 0 Å². The number of ether oxygens (including phenoxy) is 3. The molecule has 0 aliphatic carbocycles. The zero-order chi connectivity index (χ0) is 16.8. The van der Waals surface area contributed by atoms with Gasteiger partial charge in [-0.25, -0.2) is 4.39 Å². The Kier molecular flexibility index (Phi) is 5.51. The molecule has 6 heteroatoms. The molecule has 0 aromatic heterocycles. The van der Waals surface area contributed by atoms with Gasteiger partial charge in [0, 0.05) is 0 Å². The van der Waals surface area contributed by atoms with Gasteiger partial charge in [-0.2, -0.15) is 0 Å². The highest BCUT2D eigenvalue weighted by Crippen LogP contribution is 2.30. The minimum atomic E-state index is -0.693. The summed E-state index contributed by atoms with van der Waals surface area (Å²) in [7, 11) is 0. The summed E-state index contributed by atoms with van der Waals surface area (Å²) < 4.78 is 30.2. The molecule has 0 saturated carbocycles. The number of nitrogens with two attached hydrogens (primary N) is 1. The molecule has 3 N–H and O–H groups in total. The highest BCUT2D eigenvalue weighted by atomic mass is 19.1. The summed E-state index contributed by atoms with van der Waals surface area (Å²) in [5.41, 5.74) is 0. The van der Waals surface area contributed by atoms with Crippen LogP contribution in [0.3, 0.4) is 0 Å². The molecule has 1 aliphatic heterocycles. The van der Waals surface area contributed by atoms with Crippen LogP contribution in [-0.4, -0.2) is 43.6 Å². The van der Waals surface area contributed by atoms with E-state index in [4.69, 9.17) is 14.2 Å². The molecule has 128 valence electrons. The van der Waals surface area contributed by atoms with Gasteiger partial charge in [0.25, 0.3) is 0 Å². The van der Waals surface area contributed by atoms with Gasteiger partial charge in [-0.3, -0.25) is 0 Å². The molecule has 0 radical (unpaired) electrons. The third kappa shape index (κ3) is 4.37. The van der Waals surface area contributed by atoms with Crippen LogP contribution in [-0.2, 0) is 0 Å². The van der Waals surface area contributed by atoms with Gasteiger partial charge in [-0.15, -0.1) is 0 Å². The summed E-state index contributed by atoms with van der Waals surface area (Å²) in [5.74, 6) is 1.22. The lowest BCUT2D eigenvalue weighted by Gasteiger charge is -2.25. The zero-order valence-electron chi connectivity index (χ0n) is 13.2. The Hall–Kier alpha value is -2.31. The first-order valence-electron chi connectivity index (χ1n) is 7.98. The average molecular weight is 334 g/mol. The van der Waals surface area contributed by atoms with E-state index < -0.39 is 11.9 Å². The average Bonchev–Trinajstić information content (AvgIpc) is 2.61. The van der Waals surface area contributed by atoms with E-state index in [0.29, 0.717) is 19.7 Å². The summed E-state index contributed by atoms with van der Waals surface area (Å²) in [6.45, 7) is 1.62. The topological polar surface area (TPSA) is 64.5 Å². The maximum atomic E-state index is 13.4. The van der Waals surface area contributed by atoms with Crippen molar-refractivity contribution < 1.29 is 29.0 Å². The number of benzene rings is 2. The highest BCUT2D eigenvalue weighted by molar-refractivity contribution is 5.40. The molecule has 2 aromatic carbocycles. The molecule has 1 heterocycles. The first kappa shape index (κ1) is 16.5. The molecule has 1 aliphatic rings. The Morgan fingerprint density at radius 3 is 2.75 bits per heavy atom. The van der Waals surface area contributed by atoms with E-state index in [1.165, 1.54) is 12.1 Å². The van der Waals surface area contributed by atoms with E-state index in [1.807, 2.05) is 29.6 Å². The molecule has 0 amide bonds. The number of hydrogen-bond donors (Lipinski definition) is 2. The first-order valence-corrected chi connectivity index (χ1v) is 7.98. The molecular weight excluding hydrogens is 313 g/mol. The van der Waals surface area contributed by atoms with Gasteiger partial charge < -0.3 is 24.6 Å². The van der Waals surface area contributed by atoms with Gasteiger partial charge in [0.05, 0.1) is 0 Å². The molecule has 24 heavy (non-hydrogen) atoms. The molecule has 0 unspecified atom stereocenters. The number of para-hydroxylation sites is 3. The Morgan fingerprint density at radius 1 is 1.17 bits per heavy atom. The second kappa shape index (κ2) is 7.99. The number of fused-ring (bicyclic) bond motifs is 1. The van der Waals surface area contributed by atoms with Crippen molar-refractivity contribution in [3.05, 3.63) is 54.3 Å². The van der Waals surface area contributed by atoms with Crippen LogP contribution in [0.25, 0.3) is 0 Å². The van der Waals surface area contributed by atoms with E-state index in [-0.39, 0.29) is 18.5 Å². The fourth-order valence-electron chi connectivity index (χ4n) is 2.47. The van der Waals surface area contributed by atoms with Crippen LogP contribution in [0.15, 0.2) is 48.5 Å². The smallest absolute Gasteiger partial charge is 0.181 e. The van der Waals surface area contributed by atoms with Crippen molar-refractivity contribution in [1.29, 1.82) is 0 Å². The van der Waals surface area contributed by atoms with Gasteiger partial charge in [0.2, 0.25) is 0 Å². The largest absolute Gasteiger partial charge is 0.488 e. The van der Waals surface area contributed by atoms with E-state index in [0.717, 1.165) is 11.5 Å². The minimum Gasteiger partial charge on any atom is -0.488 e. The van der Waals surface area contributed by atoms with Gasteiger partial charge in [-0.1, -0.05) is 24.3 Å².